The van der Waals surface area contributed by atoms with Crippen LogP contribution in [0.5, 0.6) is 0 Å². The van der Waals surface area contributed by atoms with Crippen molar-refractivity contribution in [3.8, 4) is 0 Å². The summed E-state index contributed by atoms with van der Waals surface area (Å²) in [5.74, 6) is 1.25. The summed E-state index contributed by atoms with van der Waals surface area (Å²) in [6, 6.07) is 0. The van der Waals surface area contributed by atoms with Crippen LogP contribution < -0.4 is 0 Å². The summed E-state index contributed by atoms with van der Waals surface area (Å²) in [7, 11) is 3.84. The zero-order valence-corrected chi connectivity index (χ0v) is 7.44. The fourth-order valence-electron chi connectivity index (χ4n) is 0.306. The fourth-order valence-corrected chi connectivity index (χ4v) is 2.76. The van der Waals surface area contributed by atoms with Crippen molar-refractivity contribution in [1.29, 1.82) is 0 Å². The molecule has 0 aliphatic heterocycles. The summed E-state index contributed by atoms with van der Waals surface area (Å²) in [4.78, 5) is 0. The molecule has 2 unspecified atom stereocenters. The average molecular weight is 136 g/mol. The lowest BCUT2D eigenvalue weighted by atomic mass is 10.3. The van der Waals surface area contributed by atoms with Gasteiger partial charge in [-0.05, 0) is 11.1 Å². The van der Waals surface area contributed by atoms with Crippen molar-refractivity contribution in [2.45, 2.75) is 25.9 Å². The standard InChI is InChI=1S/C5H14P2/c1-5(2,3)7-4-6/h7H,4,6H2,1-3H3. The molecule has 0 aromatic carbocycles. The molecular weight excluding hydrogens is 122 g/mol. The molecule has 0 fully saturated rings. The first-order valence-corrected chi connectivity index (χ1v) is 4.54. The summed E-state index contributed by atoms with van der Waals surface area (Å²) >= 11 is 0. The predicted octanol–water partition coefficient (Wildman–Crippen LogP) is 2.30. The van der Waals surface area contributed by atoms with Gasteiger partial charge >= 0.3 is 0 Å². The Balaban J connectivity index is 3.15. The molecular formula is C5H14P2. The summed E-state index contributed by atoms with van der Waals surface area (Å²) in [6.45, 7) is 6.82. The first kappa shape index (κ1) is 7.86. The smallest absolute Gasteiger partial charge is 0.0199 e. The molecule has 0 saturated carbocycles. The Morgan fingerprint density at radius 3 is 1.86 bits per heavy atom. The van der Waals surface area contributed by atoms with E-state index in [1.165, 1.54) is 5.90 Å². The van der Waals surface area contributed by atoms with Gasteiger partial charge < -0.3 is 0 Å². The Bertz CT molecular complexity index is 44.5. The molecule has 0 nitrogen and oxygen atoms in total. The summed E-state index contributed by atoms with van der Waals surface area (Å²) in [5, 5.41) is 0.557. The van der Waals surface area contributed by atoms with Crippen LogP contribution in [0.1, 0.15) is 20.8 Å². The molecule has 2 heteroatoms. The highest BCUT2D eigenvalue weighted by Crippen LogP contribution is 2.31. The van der Waals surface area contributed by atoms with Crippen molar-refractivity contribution in [1.82, 2.24) is 0 Å². The Kier molecular flexibility index (Phi) is 3.37. The maximum atomic E-state index is 2.75. The molecule has 0 aromatic heterocycles. The molecule has 0 saturated heterocycles. The molecule has 0 spiro atoms. The second-order valence-corrected chi connectivity index (χ2v) is 6.12. The van der Waals surface area contributed by atoms with Gasteiger partial charge in [-0.15, -0.1) is 17.8 Å². The van der Waals surface area contributed by atoms with Gasteiger partial charge in [0, 0.05) is 0 Å². The van der Waals surface area contributed by atoms with Crippen LogP contribution in [0.3, 0.4) is 0 Å². The van der Waals surface area contributed by atoms with Crippen molar-refractivity contribution in [2.24, 2.45) is 0 Å². The molecule has 2 atom stereocenters. The topological polar surface area (TPSA) is 0 Å². The lowest BCUT2D eigenvalue weighted by Crippen LogP contribution is -2.03. The summed E-state index contributed by atoms with van der Waals surface area (Å²) in [5.41, 5.74) is 0. The minimum atomic E-state index is 0.557. The first-order valence-electron chi connectivity index (χ1n) is 2.51. The minimum absolute atomic E-state index is 0.557. The molecule has 7 heavy (non-hydrogen) atoms. The molecule has 0 radical (unpaired) electrons. The van der Waals surface area contributed by atoms with Gasteiger partial charge in [-0.1, -0.05) is 20.8 Å². The largest absolute Gasteiger partial charge is 0.133 e. The maximum absolute atomic E-state index is 2.75. The quantitative estimate of drug-likeness (QED) is 0.485. The Morgan fingerprint density at radius 1 is 1.43 bits per heavy atom. The van der Waals surface area contributed by atoms with Crippen LogP contribution >= 0.6 is 17.8 Å². The van der Waals surface area contributed by atoms with E-state index in [-0.39, 0.29) is 0 Å². The molecule has 0 amide bonds. The molecule has 0 heterocycles. The average Bonchev–Trinajstić information content (AvgIpc) is 1.30. The SMILES string of the molecule is CC(C)(C)PCP. The Labute approximate surface area is 50.4 Å². The fraction of sp³-hybridized carbons (Fsp3) is 1.00. The van der Waals surface area contributed by atoms with Crippen molar-refractivity contribution >= 4 is 17.8 Å². The second-order valence-electron chi connectivity index (χ2n) is 2.63. The lowest BCUT2D eigenvalue weighted by molar-refractivity contribution is 0.796. The highest BCUT2D eigenvalue weighted by molar-refractivity contribution is 7.50. The van der Waals surface area contributed by atoms with Crippen LogP contribution in [0.4, 0.5) is 0 Å². The van der Waals surface area contributed by atoms with Gasteiger partial charge in [0.05, 0.1) is 0 Å². The third kappa shape index (κ3) is 6.86. The lowest BCUT2D eigenvalue weighted by Gasteiger charge is -2.15. The van der Waals surface area contributed by atoms with Crippen LogP contribution in [0, 0.1) is 0 Å². The normalized spacial score (nSPS) is 13.7. The van der Waals surface area contributed by atoms with E-state index in [0.717, 1.165) is 8.58 Å². The third-order valence-electron chi connectivity index (χ3n) is 0.632. The minimum Gasteiger partial charge on any atom is -0.133 e. The summed E-state index contributed by atoms with van der Waals surface area (Å²) < 4.78 is 0. The molecule has 0 aromatic rings. The van der Waals surface area contributed by atoms with Crippen molar-refractivity contribution < 1.29 is 0 Å². The van der Waals surface area contributed by atoms with Crippen molar-refractivity contribution in [3.05, 3.63) is 0 Å². The zero-order chi connectivity index (χ0) is 5.91. The van der Waals surface area contributed by atoms with E-state index in [4.69, 9.17) is 0 Å². The van der Waals surface area contributed by atoms with E-state index in [1.807, 2.05) is 0 Å². The van der Waals surface area contributed by atoms with Crippen molar-refractivity contribution in [2.75, 3.05) is 5.90 Å². The third-order valence-corrected chi connectivity index (χ3v) is 2.51. The van der Waals surface area contributed by atoms with Crippen LogP contribution in [0.15, 0.2) is 0 Å². The molecule has 0 N–H and O–H groups in total. The van der Waals surface area contributed by atoms with E-state index in [9.17, 15) is 0 Å². The van der Waals surface area contributed by atoms with Crippen LogP contribution in [0.25, 0.3) is 0 Å². The Hall–Kier alpha value is 0.860. The molecule has 0 aliphatic carbocycles. The Morgan fingerprint density at radius 2 is 1.86 bits per heavy atom. The molecule has 44 valence electrons. The second kappa shape index (κ2) is 3.00. The van der Waals surface area contributed by atoms with Gasteiger partial charge in [-0.2, -0.15) is 0 Å². The highest BCUT2D eigenvalue weighted by atomic mass is 31.1. The van der Waals surface area contributed by atoms with E-state index in [0.29, 0.717) is 5.16 Å². The van der Waals surface area contributed by atoms with Gasteiger partial charge in [0.1, 0.15) is 0 Å². The van der Waals surface area contributed by atoms with Crippen LogP contribution in [-0.4, -0.2) is 11.1 Å². The highest BCUT2D eigenvalue weighted by Gasteiger charge is 2.05. The predicted molar refractivity (Wildman–Crippen MR) is 42.6 cm³/mol. The zero-order valence-electron chi connectivity index (χ0n) is 5.28. The van der Waals surface area contributed by atoms with Crippen LogP contribution in [-0.2, 0) is 0 Å². The number of hydrogen-bond donors (Lipinski definition) is 0. The van der Waals surface area contributed by atoms with Gasteiger partial charge in [0.25, 0.3) is 0 Å². The van der Waals surface area contributed by atoms with Crippen molar-refractivity contribution in [3.63, 3.8) is 0 Å². The van der Waals surface area contributed by atoms with Gasteiger partial charge in [0.15, 0.2) is 0 Å². The molecule has 0 aliphatic rings. The number of hydrogen-bond acceptors (Lipinski definition) is 0. The van der Waals surface area contributed by atoms with Crippen LogP contribution in [0.2, 0.25) is 0 Å². The first-order chi connectivity index (χ1) is 3.06. The van der Waals surface area contributed by atoms with Gasteiger partial charge in [-0.25, -0.2) is 0 Å². The van der Waals surface area contributed by atoms with E-state index in [2.05, 4.69) is 30.0 Å². The molecule has 0 bridgehead atoms. The van der Waals surface area contributed by atoms with Gasteiger partial charge in [-0.3, -0.25) is 0 Å². The summed E-state index contributed by atoms with van der Waals surface area (Å²) in [6.07, 6.45) is 0. The van der Waals surface area contributed by atoms with E-state index < -0.39 is 0 Å². The maximum Gasteiger partial charge on any atom is -0.0199 e. The molecule has 0 rings (SSSR count). The monoisotopic (exact) mass is 136 g/mol. The van der Waals surface area contributed by atoms with E-state index >= 15 is 0 Å². The van der Waals surface area contributed by atoms with E-state index in [1.54, 1.807) is 0 Å². The van der Waals surface area contributed by atoms with Gasteiger partial charge in [0.2, 0.25) is 0 Å². The number of rotatable bonds is 1.